The normalized spacial score (nSPS) is 12.2. The zero-order chi connectivity index (χ0) is 35.2. The number of hydrogen-bond acceptors (Lipinski definition) is 5. The van der Waals surface area contributed by atoms with Crippen molar-refractivity contribution in [2.75, 3.05) is 17.7 Å². The summed E-state index contributed by atoms with van der Waals surface area (Å²) in [7, 11) is 1.22. The number of halogens is 6. The Labute approximate surface area is 267 Å². The third kappa shape index (κ3) is 6.11. The van der Waals surface area contributed by atoms with E-state index in [1.807, 2.05) is 13.0 Å². The summed E-state index contributed by atoms with van der Waals surface area (Å²) in [5.41, 5.74) is -3.34. The van der Waals surface area contributed by atoms with Crippen LogP contribution in [0.15, 0.2) is 60.7 Å². The van der Waals surface area contributed by atoms with Crippen LogP contribution < -0.4 is 10.6 Å². The Hall–Kier alpha value is -5.00. The van der Waals surface area contributed by atoms with Gasteiger partial charge in [0.15, 0.2) is 5.78 Å². The number of aromatic hydroxyl groups is 2. The molecule has 0 aliphatic carbocycles. The second-order valence-corrected chi connectivity index (χ2v) is 11.4. The fraction of sp³-hybridized carbons (Fsp3) is 0.257. The average molecular weight is 659 g/mol. The second kappa shape index (κ2) is 12.3. The van der Waals surface area contributed by atoms with Crippen LogP contribution in [-0.4, -0.2) is 41.3 Å². The minimum atomic E-state index is -5.95. The van der Waals surface area contributed by atoms with Crippen molar-refractivity contribution in [3.8, 4) is 22.6 Å². The summed E-state index contributed by atoms with van der Waals surface area (Å²) < 4.78 is 88.6. The van der Waals surface area contributed by atoms with Gasteiger partial charge in [0, 0.05) is 18.2 Å². The standard InChI is InChI=1S/C35H32F6N2O4/c1-17-12-25(18(2)11-24(17)21(5)44)26-13-20(4)27(14-19(26)3)32(47)43-29-16-23(8-10-31(29)46)33(34(36,37)38,35(39,40)41)22-7-9-30(45)28(15-22)42-6/h7-16,42,45-46H,1-6H3,(H,43,47). The van der Waals surface area contributed by atoms with E-state index in [4.69, 9.17) is 0 Å². The third-order valence-electron chi connectivity index (χ3n) is 8.28. The zero-order valence-corrected chi connectivity index (χ0v) is 26.3. The predicted molar refractivity (Wildman–Crippen MR) is 167 cm³/mol. The lowest BCUT2D eigenvalue weighted by atomic mass is 9.72. The maximum Gasteiger partial charge on any atom is 0.411 e. The molecule has 0 aromatic heterocycles. The molecule has 6 nitrogen and oxygen atoms in total. The summed E-state index contributed by atoms with van der Waals surface area (Å²) in [5, 5.41) is 25.1. The van der Waals surface area contributed by atoms with Gasteiger partial charge in [-0.2, -0.15) is 26.3 Å². The van der Waals surface area contributed by atoms with Crippen molar-refractivity contribution in [2.45, 2.75) is 52.4 Å². The Morgan fingerprint density at radius 2 is 1.04 bits per heavy atom. The first-order valence-electron chi connectivity index (χ1n) is 14.3. The molecule has 47 heavy (non-hydrogen) atoms. The van der Waals surface area contributed by atoms with Crippen LogP contribution in [0.3, 0.4) is 0 Å². The van der Waals surface area contributed by atoms with E-state index in [0.29, 0.717) is 53.1 Å². The van der Waals surface area contributed by atoms with Crippen molar-refractivity contribution in [1.82, 2.24) is 0 Å². The first kappa shape index (κ1) is 34.9. The minimum absolute atomic E-state index is 0.0703. The number of hydrogen-bond donors (Lipinski definition) is 4. The van der Waals surface area contributed by atoms with E-state index < -0.39 is 52.0 Å². The number of alkyl halides is 6. The molecule has 4 aromatic carbocycles. The van der Waals surface area contributed by atoms with Crippen LogP contribution in [0.2, 0.25) is 0 Å². The highest BCUT2D eigenvalue weighted by molar-refractivity contribution is 6.06. The number of carbonyl (C=O) groups is 2. The molecule has 4 N–H and O–H groups in total. The van der Waals surface area contributed by atoms with Gasteiger partial charge in [0.2, 0.25) is 5.41 Å². The van der Waals surface area contributed by atoms with E-state index >= 15 is 0 Å². The number of Topliss-reactive ketones (excluding diaryl/α,β-unsaturated/α-hetero) is 1. The highest BCUT2D eigenvalue weighted by Crippen LogP contribution is 2.57. The number of phenolic OH excluding ortho intramolecular Hbond substituents is 2. The highest BCUT2D eigenvalue weighted by atomic mass is 19.4. The van der Waals surface area contributed by atoms with Crippen molar-refractivity contribution in [3.63, 3.8) is 0 Å². The van der Waals surface area contributed by atoms with E-state index in [2.05, 4.69) is 10.6 Å². The molecule has 0 saturated carbocycles. The van der Waals surface area contributed by atoms with Crippen LogP contribution in [0.4, 0.5) is 37.7 Å². The largest absolute Gasteiger partial charge is 0.506 e. The van der Waals surface area contributed by atoms with Crippen LogP contribution in [0.1, 0.15) is 61.0 Å². The number of phenols is 2. The topological polar surface area (TPSA) is 98.7 Å². The van der Waals surface area contributed by atoms with Crippen LogP contribution in [0.5, 0.6) is 11.5 Å². The van der Waals surface area contributed by atoms with Gasteiger partial charge in [-0.3, -0.25) is 9.59 Å². The molecule has 0 aliphatic rings. The summed E-state index contributed by atoms with van der Waals surface area (Å²) in [6, 6.07) is 10.2. The van der Waals surface area contributed by atoms with Crippen molar-refractivity contribution in [1.29, 1.82) is 0 Å². The van der Waals surface area contributed by atoms with Crippen LogP contribution in [0.25, 0.3) is 11.1 Å². The Bertz CT molecular complexity index is 1880. The molecule has 4 rings (SSSR count). The maximum absolute atomic E-state index is 14.8. The number of amides is 1. The van der Waals surface area contributed by atoms with Crippen molar-refractivity contribution >= 4 is 23.1 Å². The molecule has 0 radical (unpaired) electrons. The molecular weight excluding hydrogens is 626 g/mol. The Kier molecular flexibility index (Phi) is 9.13. The molecule has 0 heterocycles. The summed E-state index contributed by atoms with van der Waals surface area (Å²) in [6.07, 6.45) is -11.9. The molecule has 4 aromatic rings. The molecular formula is C35H32F6N2O4. The first-order chi connectivity index (χ1) is 21.7. The average Bonchev–Trinajstić information content (AvgIpc) is 2.96. The Morgan fingerprint density at radius 3 is 1.49 bits per heavy atom. The van der Waals surface area contributed by atoms with Gasteiger partial charge in [-0.1, -0.05) is 24.3 Å². The molecule has 0 aliphatic heterocycles. The fourth-order valence-corrected chi connectivity index (χ4v) is 5.85. The quantitative estimate of drug-likeness (QED) is 0.0904. The van der Waals surface area contributed by atoms with Gasteiger partial charge in [-0.05, 0) is 116 Å². The molecule has 0 fully saturated rings. The predicted octanol–water partition coefficient (Wildman–Crippen LogP) is 8.91. The lowest BCUT2D eigenvalue weighted by Crippen LogP contribution is -2.54. The molecule has 0 atom stereocenters. The molecule has 1 amide bonds. The van der Waals surface area contributed by atoms with E-state index in [9.17, 15) is 46.1 Å². The van der Waals surface area contributed by atoms with E-state index in [1.165, 1.54) is 20.0 Å². The zero-order valence-electron chi connectivity index (χ0n) is 26.3. The number of nitrogens with one attached hydrogen (secondary N) is 2. The molecule has 12 heteroatoms. The van der Waals surface area contributed by atoms with Gasteiger partial charge in [0.1, 0.15) is 11.5 Å². The molecule has 0 unspecified atom stereocenters. The number of aryl methyl sites for hydroxylation is 4. The van der Waals surface area contributed by atoms with Gasteiger partial charge in [-0.25, -0.2) is 0 Å². The second-order valence-electron chi connectivity index (χ2n) is 11.4. The minimum Gasteiger partial charge on any atom is -0.506 e. The smallest absolute Gasteiger partial charge is 0.411 e. The van der Waals surface area contributed by atoms with Gasteiger partial charge in [0.05, 0.1) is 11.4 Å². The Morgan fingerprint density at radius 1 is 0.617 bits per heavy atom. The summed E-state index contributed by atoms with van der Waals surface area (Å²) in [6.45, 7) is 8.46. The van der Waals surface area contributed by atoms with Crippen molar-refractivity contribution < 1.29 is 46.1 Å². The number of benzene rings is 4. The van der Waals surface area contributed by atoms with Crippen molar-refractivity contribution in [3.05, 3.63) is 105 Å². The molecule has 0 bridgehead atoms. The summed E-state index contributed by atoms with van der Waals surface area (Å²) in [5.74, 6) is -2.29. The van der Waals surface area contributed by atoms with Gasteiger partial charge < -0.3 is 20.8 Å². The van der Waals surface area contributed by atoms with Gasteiger partial charge in [-0.15, -0.1) is 0 Å². The molecule has 0 saturated heterocycles. The number of ketones is 1. The summed E-state index contributed by atoms with van der Waals surface area (Å²) in [4.78, 5) is 25.4. The van der Waals surface area contributed by atoms with Crippen LogP contribution in [-0.2, 0) is 5.41 Å². The SMILES string of the molecule is CNc1cc(C(c2ccc(O)c(NC(=O)c3cc(C)c(-c4cc(C)c(C(C)=O)cc4C)cc3C)c2)(C(F)(F)F)C(F)(F)F)ccc1O. The van der Waals surface area contributed by atoms with Crippen LogP contribution in [0, 0.1) is 27.7 Å². The number of anilines is 2. The highest BCUT2D eigenvalue weighted by Gasteiger charge is 2.72. The molecule has 0 spiro atoms. The monoisotopic (exact) mass is 658 g/mol. The van der Waals surface area contributed by atoms with Gasteiger partial charge >= 0.3 is 12.4 Å². The van der Waals surface area contributed by atoms with Crippen molar-refractivity contribution in [2.24, 2.45) is 0 Å². The lowest BCUT2D eigenvalue weighted by Gasteiger charge is -2.38. The fourth-order valence-electron chi connectivity index (χ4n) is 5.85. The summed E-state index contributed by atoms with van der Waals surface area (Å²) >= 11 is 0. The first-order valence-corrected chi connectivity index (χ1v) is 14.3. The molecule has 248 valence electrons. The van der Waals surface area contributed by atoms with E-state index in [-0.39, 0.29) is 17.0 Å². The number of carbonyl (C=O) groups excluding carboxylic acids is 2. The maximum atomic E-state index is 14.8. The Balaban J connectivity index is 1.81. The van der Waals surface area contributed by atoms with E-state index in [0.717, 1.165) is 22.3 Å². The van der Waals surface area contributed by atoms with Crippen LogP contribution >= 0.6 is 0 Å². The van der Waals surface area contributed by atoms with E-state index in [1.54, 1.807) is 32.9 Å². The number of rotatable bonds is 7. The van der Waals surface area contributed by atoms with Gasteiger partial charge in [0.25, 0.3) is 5.91 Å². The third-order valence-corrected chi connectivity index (χ3v) is 8.28. The lowest BCUT2D eigenvalue weighted by molar-refractivity contribution is -0.288.